The van der Waals surface area contributed by atoms with Gasteiger partial charge in [-0.2, -0.15) is 0 Å². The summed E-state index contributed by atoms with van der Waals surface area (Å²) in [5.74, 6) is 0.167. The third-order valence-electron chi connectivity index (χ3n) is 3.28. The molecule has 1 amide bonds. The molecule has 2 aromatic carbocycles. The summed E-state index contributed by atoms with van der Waals surface area (Å²) in [6.45, 7) is 6.51. The molecule has 0 N–H and O–H groups in total. The molecule has 0 aromatic heterocycles. The molecule has 2 nitrogen and oxygen atoms in total. The van der Waals surface area contributed by atoms with Crippen LogP contribution in [0.25, 0.3) is 10.8 Å². The average molecular weight is 255 g/mol. The number of nitrogens with zero attached hydrogens (tertiary/aromatic N) is 1. The molecule has 19 heavy (non-hydrogen) atoms. The van der Waals surface area contributed by atoms with Gasteiger partial charge in [-0.25, -0.2) is 0 Å². The molecule has 0 saturated carbocycles. The highest BCUT2D eigenvalue weighted by molar-refractivity contribution is 5.86. The summed E-state index contributed by atoms with van der Waals surface area (Å²) in [7, 11) is 1.87. The van der Waals surface area contributed by atoms with Gasteiger partial charge in [0.2, 0.25) is 5.91 Å². The molecule has 0 aliphatic rings. The number of hydrogen-bond donors (Lipinski definition) is 0. The van der Waals surface area contributed by atoms with Crippen molar-refractivity contribution in [1.82, 2.24) is 4.90 Å². The zero-order valence-corrected chi connectivity index (χ0v) is 12.1. The van der Waals surface area contributed by atoms with Gasteiger partial charge in [0.1, 0.15) is 0 Å². The molecule has 100 valence electrons. The fraction of sp³-hybridized carbons (Fsp3) is 0.353. The lowest BCUT2D eigenvalue weighted by atomic mass is 9.94. The number of rotatable bonds is 2. The van der Waals surface area contributed by atoms with Gasteiger partial charge in [-0.1, -0.05) is 63.2 Å². The van der Waals surface area contributed by atoms with Crippen LogP contribution in [0.5, 0.6) is 0 Å². The van der Waals surface area contributed by atoms with Gasteiger partial charge in [-0.05, 0) is 16.3 Å². The molecule has 0 aliphatic heterocycles. The molecular formula is C17H21NO. The Balaban J connectivity index is 2.29. The van der Waals surface area contributed by atoms with Gasteiger partial charge in [0.15, 0.2) is 0 Å². The van der Waals surface area contributed by atoms with Crippen molar-refractivity contribution >= 4 is 16.7 Å². The Morgan fingerprint density at radius 1 is 1.05 bits per heavy atom. The zero-order valence-electron chi connectivity index (χ0n) is 12.1. The second kappa shape index (κ2) is 5.04. The number of carbonyl (C=O) groups is 1. The van der Waals surface area contributed by atoms with Crippen molar-refractivity contribution in [2.45, 2.75) is 27.3 Å². The summed E-state index contributed by atoms with van der Waals surface area (Å²) in [5, 5.41) is 2.44. The van der Waals surface area contributed by atoms with E-state index in [2.05, 4.69) is 24.3 Å². The summed E-state index contributed by atoms with van der Waals surface area (Å²) in [5.41, 5.74) is 0.859. The lowest BCUT2D eigenvalue weighted by molar-refractivity contribution is -0.138. The fourth-order valence-corrected chi connectivity index (χ4v) is 2.33. The molecule has 0 fully saturated rings. The number of hydrogen-bond acceptors (Lipinski definition) is 1. The lowest BCUT2D eigenvalue weighted by Crippen LogP contribution is -2.36. The number of benzene rings is 2. The van der Waals surface area contributed by atoms with E-state index in [9.17, 15) is 4.79 Å². The Labute approximate surface area is 115 Å². The molecule has 2 rings (SSSR count). The van der Waals surface area contributed by atoms with Crippen LogP contribution in [0, 0.1) is 5.41 Å². The van der Waals surface area contributed by atoms with E-state index in [0.717, 1.165) is 0 Å². The molecule has 0 bridgehead atoms. The van der Waals surface area contributed by atoms with Gasteiger partial charge < -0.3 is 4.90 Å². The maximum Gasteiger partial charge on any atom is 0.227 e. The van der Waals surface area contributed by atoms with E-state index in [4.69, 9.17) is 0 Å². The van der Waals surface area contributed by atoms with Crippen LogP contribution in [0.15, 0.2) is 42.5 Å². The van der Waals surface area contributed by atoms with Gasteiger partial charge in [0.05, 0.1) is 0 Å². The van der Waals surface area contributed by atoms with Crippen LogP contribution in [0.3, 0.4) is 0 Å². The first-order valence-corrected chi connectivity index (χ1v) is 6.62. The molecule has 0 saturated heterocycles. The van der Waals surface area contributed by atoms with E-state index in [-0.39, 0.29) is 11.3 Å². The van der Waals surface area contributed by atoms with Gasteiger partial charge in [-0.15, -0.1) is 0 Å². The molecule has 2 heteroatoms. The standard InChI is InChI=1S/C17H21NO/c1-17(2,3)16(19)18(4)12-14-10-7-9-13-8-5-6-11-15(13)14/h5-11H,12H2,1-4H3. The molecule has 0 unspecified atom stereocenters. The van der Waals surface area contributed by atoms with Gasteiger partial charge >= 0.3 is 0 Å². The van der Waals surface area contributed by atoms with Crippen molar-refractivity contribution in [2.75, 3.05) is 7.05 Å². The van der Waals surface area contributed by atoms with E-state index in [1.54, 1.807) is 0 Å². The first-order chi connectivity index (χ1) is 8.89. The highest BCUT2D eigenvalue weighted by Crippen LogP contribution is 2.22. The van der Waals surface area contributed by atoms with Crippen molar-refractivity contribution in [1.29, 1.82) is 0 Å². The second-order valence-electron chi connectivity index (χ2n) is 6.05. The summed E-state index contributed by atoms with van der Waals surface area (Å²) in [6, 6.07) is 14.5. The van der Waals surface area contributed by atoms with E-state index < -0.39 is 0 Å². The minimum Gasteiger partial charge on any atom is -0.341 e. The maximum absolute atomic E-state index is 12.2. The largest absolute Gasteiger partial charge is 0.341 e. The minimum atomic E-state index is -0.334. The first kappa shape index (κ1) is 13.6. The third-order valence-corrected chi connectivity index (χ3v) is 3.28. The quantitative estimate of drug-likeness (QED) is 0.798. The summed E-state index contributed by atoms with van der Waals surface area (Å²) in [6.07, 6.45) is 0. The molecule has 2 aromatic rings. The molecule has 0 aliphatic carbocycles. The summed E-state index contributed by atoms with van der Waals surface area (Å²) < 4.78 is 0. The number of amides is 1. The van der Waals surface area contributed by atoms with Crippen LogP contribution < -0.4 is 0 Å². The van der Waals surface area contributed by atoms with Crippen molar-refractivity contribution in [3.63, 3.8) is 0 Å². The smallest absolute Gasteiger partial charge is 0.227 e. The van der Waals surface area contributed by atoms with Crippen LogP contribution in [-0.4, -0.2) is 17.9 Å². The topological polar surface area (TPSA) is 20.3 Å². The Hall–Kier alpha value is -1.83. The maximum atomic E-state index is 12.2. The van der Waals surface area contributed by atoms with E-state index in [0.29, 0.717) is 6.54 Å². The van der Waals surface area contributed by atoms with Crippen LogP contribution in [-0.2, 0) is 11.3 Å². The third kappa shape index (κ3) is 2.95. The Bertz CT molecular complexity index is 590. The monoisotopic (exact) mass is 255 g/mol. The number of fused-ring (bicyclic) bond motifs is 1. The molecule has 0 radical (unpaired) electrons. The zero-order chi connectivity index (χ0) is 14.0. The van der Waals surface area contributed by atoms with E-state index in [1.165, 1.54) is 16.3 Å². The molecule has 0 atom stereocenters. The molecular weight excluding hydrogens is 234 g/mol. The summed E-state index contributed by atoms with van der Waals surface area (Å²) in [4.78, 5) is 14.0. The molecule has 0 heterocycles. The van der Waals surface area contributed by atoms with Crippen LogP contribution in [0.1, 0.15) is 26.3 Å². The van der Waals surface area contributed by atoms with Crippen LogP contribution in [0.2, 0.25) is 0 Å². The van der Waals surface area contributed by atoms with E-state index in [1.807, 2.05) is 50.9 Å². The van der Waals surface area contributed by atoms with Crippen LogP contribution in [0.4, 0.5) is 0 Å². The first-order valence-electron chi connectivity index (χ1n) is 6.62. The molecule has 0 spiro atoms. The van der Waals surface area contributed by atoms with Crippen molar-refractivity contribution in [2.24, 2.45) is 5.41 Å². The predicted molar refractivity (Wildman–Crippen MR) is 79.9 cm³/mol. The summed E-state index contributed by atoms with van der Waals surface area (Å²) >= 11 is 0. The normalized spacial score (nSPS) is 11.6. The highest BCUT2D eigenvalue weighted by Gasteiger charge is 2.25. The van der Waals surface area contributed by atoms with Crippen molar-refractivity contribution in [3.8, 4) is 0 Å². The Kier molecular flexibility index (Phi) is 3.61. The van der Waals surface area contributed by atoms with Gasteiger partial charge in [0.25, 0.3) is 0 Å². The fourth-order valence-electron chi connectivity index (χ4n) is 2.33. The van der Waals surface area contributed by atoms with Gasteiger partial charge in [0, 0.05) is 19.0 Å². The second-order valence-corrected chi connectivity index (χ2v) is 6.05. The van der Waals surface area contributed by atoms with Crippen molar-refractivity contribution < 1.29 is 4.79 Å². The highest BCUT2D eigenvalue weighted by atomic mass is 16.2. The Morgan fingerprint density at radius 3 is 2.37 bits per heavy atom. The van der Waals surface area contributed by atoms with Crippen molar-refractivity contribution in [3.05, 3.63) is 48.0 Å². The minimum absolute atomic E-state index is 0.167. The number of carbonyl (C=O) groups excluding carboxylic acids is 1. The average Bonchev–Trinajstić information content (AvgIpc) is 2.37. The predicted octanol–water partition coefficient (Wildman–Crippen LogP) is 3.84. The Morgan fingerprint density at radius 2 is 1.68 bits per heavy atom. The SMILES string of the molecule is CN(Cc1cccc2ccccc12)C(=O)C(C)(C)C. The van der Waals surface area contributed by atoms with Crippen LogP contribution >= 0.6 is 0 Å². The van der Waals surface area contributed by atoms with Gasteiger partial charge in [-0.3, -0.25) is 4.79 Å². The lowest BCUT2D eigenvalue weighted by Gasteiger charge is -2.26. The van der Waals surface area contributed by atoms with E-state index >= 15 is 0 Å².